The van der Waals surface area contributed by atoms with Crippen molar-refractivity contribution in [2.24, 2.45) is 5.41 Å². The van der Waals surface area contributed by atoms with Crippen molar-refractivity contribution in [2.75, 3.05) is 18.4 Å². The molecule has 1 heterocycles. The second kappa shape index (κ2) is 5.31. The highest BCUT2D eigenvalue weighted by molar-refractivity contribution is 5.90. The molecule has 114 valence electrons. The van der Waals surface area contributed by atoms with Crippen molar-refractivity contribution in [3.63, 3.8) is 0 Å². The lowest BCUT2D eigenvalue weighted by atomic mass is 9.90. The van der Waals surface area contributed by atoms with Crippen LogP contribution in [0.15, 0.2) is 12.1 Å². The molecule has 7 heteroatoms. The molecule has 2 N–H and O–H groups in total. The number of nitrogens with one attached hydrogen (secondary N) is 1. The first-order chi connectivity index (χ1) is 9.73. The largest absolute Gasteiger partial charge is 0.481 e. The number of halogens is 2. The zero-order chi connectivity index (χ0) is 15.8. The van der Waals surface area contributed by atoms with Gasteiger partial charge in [-0.05, 0) is 31.9 Å². The summed E-state index contributed by atoms with van der Waals surface area (Å²) in [5, 5.41) is 11.4. The molecule has 1 aromatic rings. The summed E-state index contributed by atoms with van der Waals surface area (Å²) in [6, 6.07) is 1.27. The van der Waals surface area contributed by atoms with Gasteiger partial charge in [0, 0.05) is 19.2 Å². The van der Waals surface area contributed by atoms with Gasteiger partial charge in [0.15, 0.2) is 0 Å². The molecule has 1 fully saturated rings. The first-order valence-electron chi connectivity index (χ1n) is 6.48. The van der Waals surface area contributed by atoms with Gasteiger partial charge in [-0.25, -0.2) is 13.6 Å². The van der Waals surface area contributed by atoms with E-state index in [0.29, 0.717) is 6.42 Å². The molecule has 0 radical (unpaired) electrons. The number of hydrogen-bond acceptors (Lipinski definition) is 2. The van der Waals surface area contributed by atoms with Crippen LogP contribution in [0.4, 0.5) is 19.3 Å². The van der Waals surface area contributed by atoms with Gasteiger partial charge in [0.1, 0.15) is 11.6 Å². The number of rotatable bonds is 2. The molecule has 1 aliphatic heterocycles. The summed E-state index contributed by atoms with van der Waals surface area (Å²) in [5.74, 6) is -2.34. The van der Waals surface area contributed by atoms with E-state index in [0.717, 1.165) is 12.1 Å². The number of benzene rings is 1. The molecule has 0 aromatic heterocycles. The first kappa shape index (κ1) is 15.2. The molecule has 2 amide bonds. The Morgan fingerprint density at radius 1 is 1.33 bits per heavy atom. The Hall–Kier alpha value is -2.18. The van der Waals surface area contributed by atoms with E-state index in [9.17, 15) is 18.4 Å². The fraction of sp³-hybridized carbons (Fsp3) is 0.429. The number of aliphatic carboxylic acids is 1. The zero-order valence-electron chi connectivity index (χ0n) is 11.7. The highest BCUT2D eigenvalue weighted by Crippen LogP contribution is 2.30. The third-order valence-corrected chi connectivity index (χ3v) is 3.77. The topological polar surface area (TPSA) is 69.6 Å². The monoisotopic (exact) mass is 298 g/mol. The van der Waals surface area contributed by atoms with Crippen molar-refractivity contribution in [2.45, 2.75) is 20.3 Å². The Morgan fingerprint density at radius 3 is 2.57 bits per heavy atom. The minimum atomic E-state index is -1.01. The summed E-state index contributed by atoms with van der Waals surface area (Å²) >= 11 is 0. The number of carboxylic acids is 1. The van der Waals surface area contributed by atoms with Crippen molar-refractivity contribution in [3.8, 4) is 0 Å². The van der Waals surface area contributed by atoms with E-state index in [1.165, 1.54) is 11.8 Å². The highest BCUT2D eigenvalue weighted by atomic mass is 19.1. The summed E-state index contributed by atoms with van der Waals surface area (Å²) in [4.78, 5) is 24.4. The Morgan fingerprint density at radius 2 is 2.00 bits per heavy atom. The number of urea groups is 1. The summed E-state index contributed by atoms with van der Waals surface area (Å²) in [6.07, 6.45) is 0.320. The Bertz CT molecular complexity index is 606. The smallest absolute Gasteiger partial charge is 0.321 e. The Balaban J connectivity index is 2.10. The molecule has 0 spiro atoms. The third-order valence-electron chi connectivity index (χ3n) is 3.77. The van der Waals surface area contributed by atoms with Gasteiger partial charge in [-0.15, -0.1) is 0 Å². The fourth-order valence-corrected chi connectivity index (χ4v) is 2.25. The van der Waals surface area contributed by atoms with E-state index in [2.05, 4.69) is 5.32 Å². The molecule has 1 unspecified atom stereocenters. The van der Waals surface area contributed by atoms with Gasteiger partial charge in [0.25, 0.3) is 0 Å². The molecule has 1 atom stereocenters. The lowest BCUT2D eigenvalue weighted by Gasteiger charge is -2.20. The van der Waals surface area contributed by atoms with Crippen LogP contribution in [0.25, 0.3) is 0 Å². The predicted molar refractivity (Wildman–Crippen MR) is 72.0 cm³/mol. The van der Waals surface area contributed by atoms with Crippen molar-refractivity contribution in [1.82, 2.24) is 4.90 Å². The molecule has 21 heavy (non-hydrogen) atoms. The minimum Gasteiger partial charge on any atom is -0.481 e. The van der Waals surface area contributed by atoms with E-state index in [1.54, 1.807) is 6.92 Å². The Kier molecular flexibility index (Phi) is 3.85. The third kappa shape index (κ3) is 2.96. The maximum Gasteiger partial charge on any atom is 0.321 e. The number of carboxylic acid groups (broad SMARTS) is 1. The molecule has 2 rings (SSSR count). The summed E-state index contributed by atoms with van der Waals surface area (Å²) < 4.78 is 27.1. The molecule has 0 bridgehead atoms. The van der Waals surface area contributed by atoms with Gasteiger partial charge in [-0.3, -0.25) is 4.79 Å². The van der Waals surface area contributed by atoms with Gasteiger partial charge < -0.3 is 15.3 Å². The normalized spacial score (nSPS) is 21.4. The molecule has 1 aromatic carbocycles. The van der Waals surface area contributed by atoms with Crippen LogP contribution in [0, 0.1) is 24.0 Å². The number of carbonyl (C=O) groups excluding carboxylic acids is 1. The van der Waals surface area contributed by atoms with E-state index in [-0.39, 0.29) is 24.3 Å². The van der Waals surface area contributed by atoms with E-state index >= 15 is 0 Å². The fourth-order valence-electron chi connectivity index (χ4n) is 2.25. The van der Waals surface area contributed by atoms with Gasteiger partial charge in [-0.1, -0.05) is 0 Å². The molecular formula is C14H16F2N2O3. The van der Waals surface area contributed by atoms with Crippen molar-refractivity contribution >= 4 is 17.7 Å². The molecule has 0 saturated carbocycles. The lowest BCUT2D eigenvalue weighted by molar-refractivity contribution is -0.146. The van der Waals surface area contributed by atoms with E-state index in [4.69, 9.17) is 5.11 Å². The SMILES string of the molecule is Cc1cc(F)c(NC(=O)N2CCC(C)(C(=O)O)C2)cc1F. The first-order valence-corrected chi connectivity index (χ1v) is 6.48. The second-order valence-corrected chi connectivity index (χ2v) is 5.55. The van der Waals surface area contributed by atoms with Gasteiger partial charge in [-0.2, -0.15) is 0 Å². The van der Waals surface area contributed by atoms with E-state index < -0.39 is 29.0 Å². The van der Waals surface area contributed by atoms with Crippen LogP contribution in [-0.2, 0) is 4.79 Å². The summed E-state index contributed by atoms with van der Waals surface area (Å²) in [7, 11) is 0. The van der Waals surface area contributed by atoms with Crippen LogP contribution < -0.4 is 5.32 Å². The zero-order valence-corrected chi connectivity index (χ0v) is 11.7. The summed E-state index contributed by atoms with van der Waals surface area (Å²) in [6.45, 7) is 3.26. The number of hydrogen-bond donors (Lipinski definition) is 2. The highest BCUT2D eigenvalue weighted by Gasteiger charge is 2.42. The molecule has 0 aliphatic carbocycles. The lowest BCUT2D eigenvalue weighted by Crippen LogP contribution is -2.37. The van der Waals surface area contributed by atoms with Gasteiger partial charge in [0.05, 0.1) is 11.1 Å². The number of nitrogens with zero attached hydrogens (tertiary/aromatic N) is 1. The van der Waals surface area contributed by atoms with Crippen LogP contribution in [0.3, 0.4) is 0 Å². The maximum atomic E-state index is 13.7. The van der Waals surface area contributed by atoms with Gasteiger partial charge in [0.2, 0.25) is 0 Å². The van der Waals surface area contributed by atoms with E-state index in [1.807, 2.05) is 0 Å². The number of likely N-dealkylation sites (tertiary alicyclic amines) is 1. The standard InChI is InChI=1S/C14H16F2N2O3/c1-8-5-10(16)11(6-9(8)15)17-13(21)18-4-3-14(2,7-18)12(19)20/h5-6H,3-4,7H2,1-2H3,(H,17,21)(H,19,20). The van der Waals surface area contributed by atoms with Gasteiger partial charge >= 0.3 is 12.0 Å². The quantitative estimate of drug-likeness (QED) is 0.881. The second-order valence-electron chi connectivity index (χ2n) is 5.55. The van der Waals surface area contributed by atoms with Crippen LogP contribution in [0.2, 0.25) is 0 Å². The number of carbonyl (C=O) groups is 2. The molecular weight excluding hydrogens is 282 g/mol. The van der Waals surface area contributed by atoms with Crippen LogP contribution in [-0.4, -0.2) is 35.1 Å². The Labute approximate surface area is 120 Å². The van der Waals surface area contributed by atoms with Crippen LogP contribution in [0.1, 0.15) is 18.9 Å². The maximum absolute atomic E-state index is 13.7. The van der Waals surface area contributed by atoms with Crippen molar-refractivity contribution in [3.05, 3.63) is 29.3 Å². The number of anilines is 1. The van der Waals surface area contributed by atoms with Crippen molar-refractivity contribution < 1.29 is 23.5 Å². The van der Waals surface area contributed by atoms with Crippen LogP contribution >= 0.6 is 0 Å². The molecule has 1 saturated heterocycles. The van der Waals surface area contributed by atoms with Crippen LogP contribution in [0.5, 0.6) is 0 Å². The molecule has 1 aliphatic rings. The summed E-state index contributed by atoms with van der Waals surface area (Å²) in [5.41, 5.74) is -1.12. The molecule has 5 nitrogen and oxygen atoms in total. The predicted octanol–water partition coefficient (Wildman–Crippen LogP) is 2.60. The average Bonchev–Trinajstić information content (AvgIpc) is 2.80. The number of aryl methyl sites for hydroxylation is 1. The van der Waals surface area contributed by atoms with Crippen molar-refractivity contribution in [1.29, 1.82) is 0 Å². The number of amides is 2. The average molecular weight is 298 g/mol. The minimum absolute atomic E-state index is 0.0319.